The Morgan fingerprint density at radius 1 is 1.50 bits per heavy atom. The second-order valence-corrected chi connectivity index (χ2v) is 3.33. The highest BCUT2D eigenvalue weighted by Crippen LogP contribution is 2.16. The molecule has 1 rings (SSSR count). The van der Waals surface area contributed by atoms with Crippen LogP contribution < -0.4 is 5.32 Å². The fourth-order valence-corrected chi connectivity index (χ4v) is 1.28. The molecule has 1 aliphatic heterocycles. The molecule has 1 saturated heterocycles. The zero-order valence-corrected chi connectivity index (χ0v) is 7.56. The average Bonchev–Trinajstić information content (AvgIpc) is 2.52. The number of carbonyl (C=O) groups is 1. The monoisotopic (exact) mass is 211 g/mol. The van der Waals surface area contributed by atoms with Gasteiger partial charge in [-0.3, -0.25) is 4.79 Å². The normalized spacial score (nSPS) is 22.4. The summed E-state index contributed by atoms with van der Waals surface area (Å²) >= 11 is 0. The molecule has 1 N–H and O–H groups in total. The van der Waals surface area contributed by atoms with Crippen molar-refractivity contribution in [2.75, 3.05) is 19.8 Å². The molecule has 1 atom stereocenters. The molecule has 0 radical (unpaired) electrons. The molecule has 1 amide bonds. The van der Waals surface area contributed by atoms with Gasteiger partial charge in [0, 0.05) is 19.6 Å². The Kier molecular flexibility index (Phi) is 3.74. The Balaban J connectivity index is 2.15. The number of ether oxygens (including phenoxy) is 1. The highest BCUT2D eigenvalue weighted by atomic mass is 19.4. The van der Waals surface area contributed by atoms with Gasteiger partial charge in [-0.05, 0) is 12.3 Å². The van der Waals surface area contributed by atoms with Gasteiger partial charge in [-0.25, -0.2) is 0 Å². The Bertz CT molecular complexity index is 199. The van der Waals surface area contributed by atoms with E-state index in [0.29, 0.717) is 13.2 Å². The molecule has 0 aromatic heterocycles. The van der Waals surface area contributed by atoms with Gasteiger partial charge in [0.15, 0.2) is 0 Å². The van der Waals surface area contributed by atoms with E-state index < -0.39 is 18.6 Å². The van der Waals surface area contributed by atoms with E-state index in [1.165, 1.54) is 0 Å². The minimum Gasteiger partial charge on any atom is -0.381 e. The first-order chi connectivity index (χ1) is 6.47. The quantitative estimate of drug-likeness (QED) is 0.758. The lowest BCUT2D eigenvalue weighted by Gasteiger charge is -2.10. The van der Waals surface area contributed by atoms with Gasteiger partial charge < -0.3 is 10.1 Å². The van der Waals surface area contributed by atoms with Gasteiger partial charge >= 0.3 is 6.18 Å². The predicted octanol–water partition coefficient (Wildman–Crippen LogP) is 1.09. The molecule has 82 valence electrons. The highest BCUT2D eigenvalue weighted by molar-refractivity contribution is 5.76. The predicted molar refractivity (Wildman–Crippen MR) is 42.6 cm³/mol. The fraction of sp³-hybridized carbons (Fsp3) is 0.875. The maximum atomic E-state index is 11.7. The first kappa shape index (κ1) is 11.3. The van der Waals surface area contributed by atoms with Crippen molar-refractivity contribution in [1.29, 1.82) is 0 Å². The summed E-state index contributed by atoms with van der Waals surface area (Å²) in [7, 11) is 0. The van der Waals surface area contributed by atoms with Gasteiger partial charge in [-0.1, -0.05) is 0 Å². The number of rotatable bonds is 3. The third kappa shape index (κ3) is 4.45. The molecule has 0 bridgehead atoms. The minimum atomic E-state index is -4.33. The topological polar surface area (TPSA) is 38.3 Å². The summed E-state index contributed by atoms with van der Waals surface area (Å²) < 4.78 is 40.1. The molecule has 0 aromatic carbocycles. The Labute approximate surface area is 79.6 Å². The van der Waals surface area contributed by atoms with Gasteiger partial charge in [0.05, 0.1) is 0 Å². The molecule has 0 spiro atoms. The van der Waals surface area contributed by atoms with E-state index in [-0.39, 0.29) is 12.3 Å². The molecular weight excluding hydrogens is 199 g/mol. The van der Waals surface area contributed by atoms with E-state index >= 15 is 0 Å². The molecule has 6 heteroatoms. The van der Waals surface area contributed by atoms with Gasteiger partial charge in [-0.15, -0.1) is 0 Å². The summed E-state index contributed by atoms with van der Waals surface area (Å²) in [4.78, 5) is 11.0. The Morgan fingerprint density at radius 3 is 2.71 bits per heavy atom. The van der Waals surface area contributed by atoms with Gasteiger partial charge in [-0.2, -0.15) is 13.2 Å². The van der Waals surface area contributed by atoms with Crippen LogP contribution in [0.5, 0.6) is 0 Å². The van der Waals surface area contributed by atoms with Crippen LogP contribution in [0.3, 0.4) is 0 Å². The number of carbonyl (C=O) groups excluding carboxylic acids is 1. The summed E-state index contributed by atoms with van der Waals surface area (Å²) in [6, 6.07) is 0. The standard InChI is InChI=1S/C8H12F3NO2/c9-8(10,11)5-12-7(13)3-6-1-2-14-4-6/h6H,1-5H2,(H,12,13)/t6-/m1/s1. The number of nitrogens with one attached hydrogen (secondary N) is 1. The largest absolute Gasteiger partial charge is 0.405 e. The molecule has 1 aliphatic rings. The number of hydrogen-bond acceptors (Lipinski definition) is 2. The van der Waals surface area contributed by atoms with E-state index in [1.807, 2.05) is 5.32 Å². The van der Waals surface area contributed by atoms with E-state index in [9.17, 15) is 18.0 Å². The summed E-state index contributed by atoms with van der Waals surface area (Å²) in [5, 5.41) is 1.83. The van der Waals surface area contributed by atoms with Crippen LogP contribution in [0.15, 0.2) is 0 Å². The number of hydrogen-bond donors (Lipinski definition) is 1. The number of alkyl halides is 3. The van der Waals surface area contributed by atoms with E-state index in [4.69, 9.17) is 4.74 Å². The average molecular weight is 211 g/mol. The molecule has 1 fully saturated rings. The molecule has 1 heterocycles. The number of halogens is 3. The van der Waals surface area contributed by atoms with Gasteiger partial charge in [0.1, 0.15) is 6.54 Å². The zero-order valence-electron chi connectivity index (χ0n) is 7.56. The molecule has 3 nitrogen and oxygen atoms in total. The first-order valence-electron chi connectivity index (χ1n) is 4.38. The summed E-state index contributed by atoms with van der Waals surface area (Å²) in [6.45, 7) is -0.184. The molecular formula is C8H12F3NO2. The van der Waals surface area contributed by atoms with Crippen LogP contribution in [-0.2, 0) is 9.53 Å². The maximum Gasteiger partial charge on any atom is 0.405 e. The van der Waals surface area contributed by atoms with Crippen LogP contribution >= 0.6 is 0 Å². The third-order valence-corrected chi connectivity index (χ3v) is 1.98. The van der Waals surface area contributed by atoms with Crippen molar-refractivity contribution < 1.29 is 22.7 Å². The molecule has 0 aromatic rings. The lowest BCUT2D eigenvalue weighted by atomic mass is 10.1. The third-order valence-electron chi connectivity index (χ3n) is 1.98. The smallest absolute Gasteiger partial charge is 0.381 e. The summed E-state index contributed by atoms with van der Waals surface area (Å²) in [5.74, 6) is -0.485. The minimum absolute atomic E-state index is 0.0724. The Hall–Kier alpha value is -0.780. The fourth-order valence-electron chi connectivity index (χ4n) is 1.28. The zero-order chi connectivity index (χ0) is 10.6. The van der Waals surface area contributed by atoms with Crippen molar-refractivity contribution in [2.24, 2.45) is 5.92 Å². The van der Waals surface area contributed by atoms with Crippen LogP contribution in [0, 0.1) is 5.92 Å². The lowest BCUT2D eigenvalue weighted by molar-refractivity contribution is -0.138. The van der Waals surface area contributed by atoms with Crippen LogP contribution in [0.4, 0.5) is 13.2 Å². The molecule has 0 aliphatic carbocycles. The first-order valence-corrected chi connectivity index (χ1v) is 4.38. The van der Waals surface area contributed by atoms with Gasteiger partial charge in [0.25, 0.3) is 0 Å². The summed E-state index contributed by atoms with van der Waals surface area (Å²) in [6.07, 6.45) is -3.46. The van der Waals surface area contributed by atoms with E-state index in [1.54, 1.807) is 0 Å². The lowest BCUT2D eigenvalue weighted by Crippen LogP contribution is -2.34. The molecule has 14 heavy (non-hydrogen) atoms. The van der Waals surface area contributed by atoms with E-state index in [2.05, 4.69) is 0 Å². The van der Waals surface area contributed by atoms with Crippen molar-refractivity contribution in [3.05, 3.63) is 0 Å². The van der Waals surface area contributed by atoms with Crippen LogP contribution in [0.25, 0.3) is 0 Å². The van der Waals surface area contributed by atoms with Crippen molar-refractivity contribution in [3.63, 3.8) is 0 Å². The second kappa shape index (κ2) is 4.63. The van der Waals surface area contributed by atoms with Crippen LogP contribution in [0.1, 0.15) is 12.8 Å². The molecule has 0 unspecified atom stereocenters. The molecule has 0 saturated carbocycles. The van der Waals surface area contributed by atoms with Crippen molar-refractivity contribution in [3.8, 4) is 0 Å². The number of amides is 1. The Morgan fingerprint density at radius 2 is 2.21 bits per heavy atom. The summed E-state index contributed by atoms with van der Waals surface area (Å²) in [5.41, 5.74) is 0. The second-order valence-electron chi connectivity index (χ2n) is 3.33. The van der Waals surface area contributed by atoms with Crippen molar-refractivity contribution in [1.82, 2.24) is 5.32 Å². The van der Waals surface area contributed by atoms with Gasteiger partial charge in [0.2, 0.25) is 5.91 Å². The highest BCUT2D eigenvalue weighted by Gasteiger charge is 2.28. The van der Waals surface area contributed by atoms with Crippen molar-refractivity contribution >= 4 is 5.91 Å². The van der Waals surface area contributed by atoms with Crippen LogP contribution in [0.2, 0.25) is 0 Å². The van der Waals surface area contributed by atoms with E-state index in [0.717, 1.165) is 6.42 Å². The van der Waals surface area contributed by atoms with Crippen molar-refractivity contribution in [2.45, 2.75) is 19.0 Å². The maximum absolute atomic E-state index is 11.7. The SMILES string of the molecule is O=C(C[C@H]1CCOC1)NCC(F)(F)F. The van der Waals surface area contributed by atoms with Crippen LogP contribution in [-0.4, -0.2) is 31.8 Å².